The largest absolute Gasteiger partial charge is 0.383 e. The second-order valence-electron chi connectivity index (χ2n) is 7.01. The van der Waals surface area contributed by atoms with E-state index in [0.717, 1.165) is 26.7 Å². The molecule has 1 heterocycles. The van der Waals surface area contributed by atoms with Crippen LogP contribution >= 0.6 is 11.8 Å². The minimum atomic E-state index is 0.0160. The third kappa shape index (κ3) is 4.16. The molecule has 4 rings (SSSR count). The molecule has 0 aliphatic carbocycles. The molecule has 5 heteroatoms. The molecule has 148 valence electrons. The van der Waals surface area contributed by atoms with Gasteiger partial charge < -0.3 is 15.0 Å². The monoisotopic (exact) mass is 404 g/mol. The normalized spacial score (nSPS) is 14.0. The lowest BCUT2D eigenvalue weighted by atomic mass is 10.1. The maximum absolute atomic E-state index is 13.2. The van der Waals surface area contributed by atoms with E-state index in [9.17, 15) is 4.79 Å². The van der Waals surface area contributed by atoms with Gasteiger partial charge in [0.1, 0.15) is 0 Å². The van der Waals surface area contributed by atoms with Crippen molar-refractivity contribution < 1.29 is 9.53 Å². The summed E-state index contributed by atoms with van der Waals surface area (Å²) in [7, 11) is 1.66. The highest BCUT2D eigenvalue weighted by molar-refractivity contribution is 7.99. The number of amides is 1. The van der Waals surface area contributed by atoms with Gasteiger partial charge in [0, 0.05) is 35.2 Å². The lowest BCUT2D eigenvalue weighted by Gasteiger charge is -2.23. The van der Waals surface area contributed by atoms with Crippen molar-refractivity contribution in [1.82, 2.24) is 0 Å². The van der Waals surface area contributed by atoms with Gasteiger partial charge in [-0.3, -0.25) is 4.79 Å². The smallest absolute Gasteiger partial charge is 0.259 e. The predicted octanol–water partition coefficient (Wildman–Crippen LogP) is 5.62. The Morgan fingerprint density at radius 3 is 2.55 bits per heavy atom. The molecule has 0 radical (unpaired) electrons. The average Bonchev–Trinajstić information content (AvgIpc) is 2.87. The number of rotatable bonds is 6. The molecule has 1 N–H and O–H groups in total. The van der Waals surface area contributed by atoms with Gasteiger partial charge in [-0.2, -0.15) is 0 Å². The van der Waals surface area contributed by atoms with Gasteiger partial charge in [-0.05, 0) is 42.8 Å². The number of hydrogen-bond acceptors (Lipinski definition) is 4. The van der Waals surface area contributed by atoms with Crippen molar-refractivity contribution in [3.63, 3.8) is 0 Å². The highest BCUT2D eigenvalue weighted by Gasteiger charge is 2.27. The molecule has 29 heavy (non-hydrogen) atoms. The first kappa shape index (κ1) is 19.6. The van der Waals surface area contributed by atoms with Crippen molar-refractivity contribution in [3.8, 4) is 0 Å². The minimum Gasteiger partial charge on any atom is -0.383 e. The summed E-state index contributed by atoms with van der Waals surface area (Å²) in [6.07, 6.45) is 0. The number of methoxy groups -OCH3 is 1. The summed E-state index contributed by atoms with van der Waals surface area (Å²) in [5.74, 6) is 0.0160. The number of carbonyl (C=O) groups excluding carboxylic acids is 1. The van der Waals surface area contributed by atoms with Crippen LogP contribution in [0, 0.1) is 0 Å². The van der Waals surface area contributed by atoms with E-state index in [4.69, 9.17) is 4.74 Å². The Morgan fingerprint density at radius 2 is 1.76 bits per heavy atom. The third-order valence-electron chi connectivity index (χ3n) is 5.03. The van der Waals surface area contributed by atoms with Crippen LogP contribution in [0.1, 0.15) is 28.9 Å². The van der Waals surface area contributed by atoms with Gasteiger partial charge in [0.15, 0.2) is 0 Å². The van der Waals surface area contributed by atoms with Gasteiger partial charge in [-0.25, -0.2) is 0 Å². The molecule has 4 nitrogen and oxygen atoms in total. The zero-order chi connectivity index (χ0) is 20.2. The standard InChI is InChI=1S/C24H24N2O2S/c1-17(18-8-4-3-5-9-18)25-19-12-13-21-23(16-19)29-22-11-7-6-10-20(22)24(27)26(21)14-15-28-2/h3-13,16-17,25H,14-15H2,1-2H3. The highest BCUT2D eigenvalue weighted by Crippen LogP contribution is 2.42. The summed E-state index contributed by atoms with van der Waals surface area (Å²) in [4.78, 5) is 17.1. The second-order valence-corrected chi connectivity index (χ2v) is 8.09. The molecule has 1 unspecified atom stereocenters. The van der Waals surface area contributed by atoms with Crippen LogP contribution in [0.2, 0.25) is 0 Å². The highest BCUT2D eigenvalue weighted by atomic mass is 32.2. The van der Waals surface area contributed by atoms with E-state index in [1.807, 2.05) is 47.4 Å². The first-order valence-corrected chi connectivity index (χ1v) is 10.5. The topological polar surface area (TPSA) is 41.6 Å². The molecule has 1 amide bonds. The minimum absolute atomic E-state index is 0.0160. The summed E-state index contributed by atoms with van der Waals surface area (Å²) < 4.78 is 5.25. The molecule has 1 aliphatic heterocycles. The number of nitrogens with one attached hydrogen (secondary N) is 1. The number of benzene rings is 3. The van der Waals surface area contributed by atoms with E-state index < -0.39 is 0 Å². The van der Waals surface area contributed by atoms with E-state index in [-0.39, 0.29) is 11.9 Å². The fourth-order valence-electron chi connectivity index (χ4n) is 3.49. The summed E-state index contributed by atoms with van der Waals surface area (Å²) >= 11 is 1.64. The second kappa shape index (κ2) is 8.72. The van der Waals surface area contributed by atoms with Gasteiger partial charge >= 0.3 is 0 Å². The van der Waals surface area contributed by atoms with E-state index >= 15 is 0 Å². The Hall–Kier alpha value is -2.76. The van der Waals surface area contributed by atoms with Crippen molar-refractivity contribution in [3.05, 3.63) is 83.9 Å². The number of fused-ring (bicyclic) bond motifs is 2. The van der Waals surface area contributed by atoms with Crippen LogP contribution in [-0.2, 0) is 4.74 Å². The molecule has 3 aromatic carbocycles. The molecule has 3 aromatic rings. The average molecular weight is 405 g/mol. The van der Waals surface area contributed by atoms with Crippen LogP contribution < -0.4 is 10.2 Å². The maximum Gasteiger partial charge on any atom is 0.259 e. The van der Waals surface area contributed by atoms with Crippen LogP contribution in [0.5, 0.6) is 0 Å². The van der Waals surface area contributed by atoms with Crippen LogP contribution in [0.4, 0.5) is 11.4 Å². The van der Waals surface area contributed by atoms with E-state index in [0.29, 0.717) is 13.2 Å². The summed E-state index contributed by atoms with van der Waals surface area (Å²) in [6.45, 7) is 3.16. The molecular weight excluding hydrogens is 380 g/mol. The Morgan fingerprint density at radius 1 is 1.00 bits per heavy atom. The fourth-order valence-corrected chi connectivity index (χ4v) is 4.61. The van der Waals surface area contributed by atoms with Gasteiger partial charge in [0.05, 0.1) is 17.9 Å². The fraction of sp³-hybridized carbons (Fsp3) is 0.208. The van der Waals surface area contributed by atoms with Crippen molar-refractivity contribution in [2.75, 3.05) is 30.5 Å². The molecule has 1 atom stereocenters. The predicted molar refractivity (Wildman–Crippen MR) is 119 cm³/mol. The summed E-state index contributed by atoms with van der Waals surface area (Å²) in [5.41, 5.74) is 3.92. The van der Waals surface area contributed by atoms with E-state index in [1.54, 1.807) is 18.9 Å². The van der Waals surface area contributed by atoms with Gasteiger partial charge in [-0.15, -0.1) is 0 Å². The molecule has 0 bridgehead atoms. The molecule has 0 fully saturated rings. The number of nitrogens with zero attached hydrogens (tertiary/aromatic N) is 1. The lowest BCUT2D eigenvalue weighted by molar-refractivity contribution is 0.0973. The van der Waals surface area contributed by atoms with Crippen LogP contribution in [0.25, 0.3) is 0 Å². The van der Waals surface area contributed by atoms with Crippen LogP contribution in [0.3, 0.4) is 0 Å². The molecule has 0 aromatic heterocycles. The van der Waals surface area contributed by atoms with Crippen molar-refractivity contribution in [2.45, 2.75) is 22.8 Å². The Kier molecular flexibility index (Phi) is 5.88. The van der Waals surface area contributed by atoms with Gasteiger partial charge in [0.2, 0.25) is 0 Å². The van der Waals surface area contributed by atoms with Gasteiger partial charge in [-0.1, -0.05) is 54.2 Å². The van der Waals surface area contributed by atoms with E-state index in [1.165, 1.54) is 5.56 Å². The van der Waals surface area contributed by atoms with Crippen molar-refractivity contribution in [1.29, 1.82) is 0 Å². The SMILES string of the molecule is COCCN1C(=O)c2ccccc2Sc2cc(NC(C)c3ccccc3)ccc21. The number of ether oxygens (including phenoxy) is 1. The quantitative estimate of drug-likeness (QED) is 0.579. The van der Waals surface area contributed by atoms with E-state index in [2.05, 4.69) is 42.6 Å². The van der Waals surface area contributed by atoms with Crippen molar-refractivity contribution in [2.24, 2.45) is 0 Å². The Labute approximate surface area is 175 Å². The zero-order valence-electron chi connectivity index (χ0n) is 16.6. The maximum atomic E-state index is 13.2. The first-order valence-electron chi connectivity index (χ1n) is 9.70. The molecule has 1 aliphatic rings. The van der Waals surface area contributed by atoms with Crippen LogP contribution in [0.15, 0.2) is 82.6 Å². The third-order valence-corrected chi connectivity index (χ3v) is 6.16. The zero-order valence-corrected chi connectivity index (χ0v) is 17.4. The lowest BCUT2D eigenvalue weighted by Crippen LogP contribution is -2.33. The Balaban J connectivity index is 1.68. The number of hydrogen-bond donors (Lipinski definition) is 1. The van der Waals surface area contributed by atoms with Crippen molar-refractivity contribution >= 4 is 29.0 Å². The Bertz CT molecular complexity index is 1010. The first-order chi connectivity index (χ1) is 14.2. The molecular formula is C24H24N2O2S. The molecule has 0 spiro atoms. The van der Waals surface area contributed by atoms with Gasteiger partial charge in [0.25, 0.3) is 5.91 Å². The summed E-state index contributed by atoms with van der Waals surface area (Å²) in [6, 6.07) is 24.6. The number of anilines is 2. The van der Waals surface area contributed by atoms with Crippen LogP contribution in [-0.4, -0.2) is 26.2 Å². The molecule has 0 saturated carbocycles. The molecule has 0 saturated heterocycles. The summed E-state index contributed by atoms with van der Waals surface area (Å²) in [5, 5.41) is 3.58. The number of carbonyl (C=O) groups is 1.